The Bertz CT molecular complexity index is 222. The Hall–Kier alpha value is -0.263. The van der Waals surface area contributed by atoms with Crippen LogP contribution in [0.3, 0.4) is 0 Å². The molecule has 13 heavy (non-hydrogen) atoms. The zero-order valence-corrected chi connectivity index (χ0v) is 11.3. The van der Waals surface area contributed by atoms with Gasteiger partial charge in [0.05, 0.1) is 8.07 Å². The van der Waals surface area contributed by atoms with Crippen molar-refractivity contribution >= 4 is 8.07 Å². The molecule has 0 aromatic carbocycles. The van der Waals surface area contributed by atoms with Crippen LogP contribution in [-0.4, -0.2) is 8.07 Å². The Balaban J connectivity index is 4.96. The highest BCUT2D eigenvalue weighted by molar-refractivity contribution is 6.86. The molecule has 76 valence electrons. The summed E-state index contributed by atoms with van der Waals surface area (Å²) in [5.74, 6) is 0. The summed E-state index contributed by atoms with van der Waals surface area (Å²) in [6, 6.07) is 0. The lowest BCUT2D eigenvalue weighted by atomic mass is 10.2. The SMILES string of the molecule is CCC=C=C(C)[Si](C)(C)C(C)(C)C. The third kappa shape index (κ3) is 3.17. The molecule has 0 saturated carbocycles. The maximum atomic E-state index is 3.43. The molecule has 0 radical (unpaired) electrons. The topological polar surface area (TPSA) is 0 Å². The summed E-state index contributed by atoms with van der Waals surface area (Å²) in [6.07, 6.45) is 3.24. The lowest BCUT2D eigenvalue weighted by Gasteiger charge is -2.36. The molecule has 0 unspecified atom stereocenters. The molecule has 1 heteroatoms. The monoisotopic (exact) mass is 196 g/mol. The number of hydrogen-bond acceptors (Lipinski definition) is 0. The molecule has 0 fully saturated rings. The van der Waals surface area contributed by atoms with Crippen LogP contribution in [0.5, 0.6) is 0 Å². The summed E-state index contributed by atoms with van der Waals surface area (Å²) >= 11 is 0. The van der Waals surface area contributed by atoms with Gasteiger partial charge < -0.3 is 0 Å². The zero-order valence-electron chi connectivity index (χ0n) is 10.3. The Labute approximate surface area is 84.8 Å². The van der Waals surface area contributed by atoms with Crippen molar-refractivity contribution in [3.63, 3.8) is 0 Å². The van der Waals surface area contributed by atoms with Crippen LogP contribution in [0.4, 0.5) is 0 Å². The molecule has 0 heterocycles. The summed E-state index contributed by atoms with van der Waals surface area (Å²) in [7, 11) is -1.27. The average Bonchev–Trinajstić information content (AvgIpc) is 1.97. The summed E-state index contributed by atoms with van der Waals surface area (Å²) in [5.41, 5.74) is 3.43. The van der Waals surface area contributed by atoms with E-state index in [1.54, 1.807) is 0 Å². The molecule has 0 aromatic rings. The molecule has 0 aliphatic rings. The third-order valence-corrected chi connectivity index (χ3v) is 9.10. The Kier molecular flexibility index (Phi) is 4.21. The number of rotatable bonds is 2. The van der Waals surface area contributed by atoms with Crippen LogP contribution in [-0.2, 0) is 0 Å². The van der Waals surface area contributed by atoms with Crippen LogP contribution in [0.15, 0.2) is 17.0 Å². The molecule has 0 atom stereocenters. The van der Waals surface area contributed by atoms with Crippen LogP contribution in [0.2, 0.25) is 18.1 Å². The van der Waals surface area contributed by atoms with E-state index in [9.17, 15) is 0 Å². The van der Waals surface area contributed by atoms with Crippen LogP contribution < -0.4 is 0 Å². The van der Waals surface area contributed by atoms with E-state index in [1.165, 1.54) is 5.20 Å². The van der Waals surface area contributed by atoms with E-state index in [0.717, 1.165) is 6.42 Å². The summed E-state index contributed by atoms with van der Waals surface area (Å²) in [4.78, 5) is 0. The summed E-state index contributed by atoms with van der Waals surface area (Å²) in [5, 5.41) is 1.92. The molecule has 0 rings (SSSR count). The van der Waals surface area contributed by atoms with Crippen LogP contribution in [0, 0.1) is 0 Å². The summed E-state index contributed by atoms with van der Waals surface area (Å²) in [6.45, 7) is 16.3. The van der Waals surface area contributed by atoms with Gasteiger partial charge >= 0.3 is 0 Å². The van der Waals surface area contributed by atoms with Gasteiger partial charge in [-0.15, -0.1) is 5.73 Å². The zero-order chi connectivity index (χ0) is 10.7. The van der Waals surface area contributed by atoms with E-state index in [0.29, 0.717) is 5.04 Å². The van der Waals surface area contributed by atoms with E-state index < -0.39 is 8.07 Å². The highest BCUT2D eigenvalue weighted by atomic mass is 28.3. The first-order valence-corrected chi connectivity index (χ1v) is 8.15. The fraction of sp³-hybridized carbons (Fsp3) is 0.750. The lowest BCUT2D eigenvalue weighted by Crippen LogP contribution is -2.38. The van der Waals surface area contributed by atoms with Gasteiger partial charge in [0, 0.05) is 0 Å². The Morgan fingerprint density at radius 1 is 1.31 bits per heavy atom. The maximum Gasteiger partial charge on any atom is 0.0902 e. The molecule has 0 spiro atoms. The van der Waals surface area contributed by atoms with Crippen LogP contribution in [0.1, 0.15) is 41.0 Å². The van der Waals surface area contributed by atoms with E-state index >= 15 is 0 Å². The first kappa shape index (κ1) is 12.7. The van der Waals surface area contributed by atoms with Crippen LogP contribution >= 0.6 is 0 Å². The second kappa shape index (κ2) is 4.30. The van der Waals surface area contributed by atoms with Gasteiger partial charge in [0.25, 0.3) is 0 Å². The smallest absolute Gasteiger partial charge is 0.0902 e. The van der Waals surface area contributed by atoms with E-state index in [4.69, 9.17) is 0 Å². The predicted octanol–water partition coefficient (Wildman–Crippen LogP) is 4.55. The number of hydrogen-bond donors (Lipinski definition) is 0. The van der Waals surface area contributed by atoms with Gasteiger partial charge in [-0.2, -0.15) is 0 Å². The van der Waals surface area contributed by atoms with Gasteiger partial charge in [-0.1, -0.05) is 40.8 Å². The maximum absolute atomic E-state index is 3.43. The van der Waals surface area contributed by atoms with Gasteiger partial charge in [-0.05, 0) is 29.7 Å². The minimum Gasteiger partial charge on any atom is -0.131 e. The van der Waals surface area contributed by atoms with Crippen molar-refractivity contribution in [3.8, 4) is 0 Å². The fourth-order valence-electron chi connectivity index (χ4n) is 0.998. The second-order valence-electron chi connectivity index (χ2n) is 5.26. The van der Waals surface area contributed by atoms with Crippen molar-refractivity contribution in [2.75, 3.05) is 0 Å². The largest absolute Gasteiger partial charge is 0.131 e. The van der Waals surface area contributed by atoms with Crippen molar-refractivity contribution in [1.29, 1.82) is 0 Å². The Morgan fingerprint density at radius 3 is 2.08 bits per heavy atom. The lowest BCUT2D eigenvalue weighted by molar-refractivity contribution is 0.725. The normalized spacial score (nSPS) is 12.2. The molecule has 0 bridgehead atoms. The van der Waals surface area contributed by atoms with Crippen LogP contribution in [0.25, 0.3) is 0 Å². The third-order valence-electron chi connectivity index (χ3n) is 3.34. The molecule has 0 saturated heterocycles. The minimum atomic E-state index is -1.27. The quantitative estimate of drug-likeness (QED) is 0.449. The molecular weight excluding hydrogens is 172 g/mol. The van der Waals surface area contributed by atoms with Gasteiger partial charge in [0.1, 0.15) is 0 Å². The Morgan fingerprint density at radius 2 is 1.77 bits per heavy atom. The molecule has 0 aliphatic carbocycles. The van der Waals surface area contributed by atoms with E-state index in [-0.39, 0.29) is 0 Å². The van der Waals surface area contributed by atoms with E-state index in [1.807, 2.05) is 0 Å². The second-order valence-corrected chi connectivity index (χ2v) is 10.8. The minimum absolute atomic E-state index is 0.436. The van der Waals surface area contributed by atoms with Gasteiger partial charge in [0.2, 0.25) is 0 Å². The standard InChI is InChI=1S/C12H24Si/c1-8-9-10-11(2)13(6,7)12(3,4)5/h9H,8H2,1-7H3. The average molecular weight is 196 g/mol. The van der Waals surface area contributed by atoms with Gasteiger partial charge in [-0.3, -0.25) is 0 Å². The van der Waals surface area contributed by atoms with Crippen molar-refractivity contribution in [2.24, 2.45) is 0 Å². The van der Waals surface area contributed by atoms with Crippen molar-refractivity contribution in [1.82, 2.24) is 0 Å². The molecule has 0 N–H and O–H groups in total. The fourth-order valence-corrected chi connectivity index (χ4v) is 2.59. The summed E-state index contributed by atoms with van der Waals surface area (Å²) < 4.78 is 0. The predicted molar refractivity (Wildman–Crippen MR) is 64.8 cm³/mol. The molecule has 0 nitrogen and oxygen atoms in total. The van der Waals surface area contributed by atoms with E-state index in [2.05, 4.69) is 59.5 Å². The highest BCUT2D eigenvalue weighted by Crippen LogP contribution is 2.39. The van der Waals surface area contributed by atoms with Crippen molar-refractivity contribution in [3.05, 3.63) is 17.0 Å². The number of allylic oxidation sites excluding steroid dienone is 1. The first-order chi connectivity index (χ1) is 5.73. The van der Waals surface area contributed by atoms with Crippen molar-refractivity contribution in [2.45, 2.75) is 59.2 Å². The molecule has 0 amide bonds. The molecule has 0 aliphatic heterocycles. The molecule has 0 aromatic heterocycles. The highest BCUT2D eigenvalue weighted by Gasteiger charge is 2.36. The first-order valence-electron chi connectivity index (χ1n) is 5.15. The van der Waals surface area contributed by atoms with Gasteiger partial charge in [0.15, 0.2) is 0 Å². The van der Waals surface area contributed by atoms with Crippen molar-refractivity contribution < 1.29 is 0 Å². The molecular formula is C12H24Si. The van der Waals surface area contributed by atoms with Gasteiger partial charge in [-0.25, -0.2) is 0 Å².